The molecule has 0 amide bonds. The second-order valence-corrected chi connectivity index (χ2v) is 7.34. The van der Waals surface area contributed by atoms with Crippen LogP contribution in [0.3, 0.4) is 0 Å². The Labute approximate surface area is 144 Å². The third-order valence-corrected chi connectivity index (χ3v) is 5.25. The molecule has 1 N–H and O–H groups in total. The second-order valence-electron chi connectivity index (χ2n) is 6.48. The Hall–Kier alpha value is -1.99. The average Bonchev–Trinajstić information content (AvgIpc) is 3.31. The number of hydrogen-bond acceptors (Lipinski definition) is 6. The van der Waals surface area contributed by atoms with E-state index in [1.807, 2.05) is 12.1 Å². The van der Waals surface area contributed by atoms with E-state index in [0.29, 0.717) is 12.0 Å². The molecular weight excluding hydrogens is 322 g/mol. The maximum absolute atomic E-state index is 5.40. The number of fused-ring (bicyclic) bond motifs is 1. The van der Waals surface area contributed by atoms with E-state index in [2.05, 4.69) is 44.3 Å². The van der Waals surface area contributed by atoms with E-state index >= 15 is 0 Å². The van der Waals surface area contributed by atoms with Gasteiger partial charge in [0.2, 0.25) is 0 Å². The quantitative estimate of drug-likeness (QED) is 0.770. The minimum absolute atomic E-state index is 0.402. The van der Waals surface area contributed by atoms with Crippen LogP contribution in [-0.4, -0.2) is 25.8 Å². The molecule has 1 unspecified atom stereocenters. The van der Waals surface area contributed by atoms with Crippen molar-refractivity contribution in [2.24, 2.45) is 0 Å². The largest absolute Gasteiger partial charge is 0.462 e. The van der Waals surface area contributed by atoms with Crippen LogP contribution < -0.4 is 5.32 Å². The zero-order chi connectivity index (χ0) is 16.5. The van der Waals surface area contributed by atoms with Gasteiger partial charge in [-0.1, -0.05) is 13.8 Å². The highest BCUT2D eigenvalue weighted by Gasteiger charge is 2.23. The summed E-state index contributed by atoms with van der Waals surface area (Å²) in [5.41, 5.74) is 1.06. The van der Waals surface area contributed by atoms with Gasteiger partial charge in [-0.3, -0.25) is 0 Å². The van der Waals surface area contributed by atoms with Crippen LogP contribution in [0.5, 0.6) is 0 Å². The van der Waals surface area contributed by atoms with Crippen molar-refractivity contribution in [2.75, 3.05) is 0 Å². The van der Waals surface area contributed by atoms with Crippen LogP contribution in [0, 0.1) is 0 Å². The first kappa shape index (κ1) is 15.5. The molecule has 0 bridgehead atoms. The van der Waals surface area contributed by atoms with E-state index < -0.39 is 0 Å². The smallest absolute Gasteiger partial charge is 0.162 e. The Morgan fingerprint density at radius 3 is 3.12 bits per heavy atom. The van der Waals surface area contributed by atoms with Gasteiger partial charge in [-0.05, 0) is 18.6 Å². The number of hydrogen-bond donors (Lipinski definition) is 1. The molecule has 6 nitrogen and oxygen atoms in total. The molecule has 0 spiro atoms. The first-order chi connectivity index (χ1) is 11.7. The number of furan rings is 1. The lowest BCUT2D eigenvalue weighted by atomic mass is 10.1. The predicted molar refractivity (Wildman–Crippen MR) is 92.9 cm³/mol. The Kier molecular flexibility index (Phi) is 4.20. The minimum atomic E-state index is 0.402. The summed E-state index contributed by atoms with van der Waals surface area (Å²) in [5, 5.41) is 15.3. The summed E-state index contributed by atoms with van der Waals surface area (Å²) in [6.45, 7) is 6.04. The van der Waals surface area contributed by atoms with Crippen LogP contribution in [0.1, 0.15) is 43.5 Å². The van der Waals surface area contributed by atoms with Gasteiger partial charge in [0.1, 0.15) is 11.6 Å². The van der Waals surface area contributed by atoms with E-state index in [9.17, 15) is 0 Å². The summed E-state index contributed by atoms with van der Waals surface area (Å²) in [6.07, 6.45) is 3.75. The number of aryl methyl sites for hydroxylation is 1. The highest BCUT2D eigenvalue weighted by Crippen LogP contribution is 2.24. The van der Waals surface area contributed by atoms with Gasteiger partial charge in [-0.15, -0.1) is 21.5 Å². The summed E-state index contributed by atoms with van der Waals surface area (Å²) in [7, 11) is 0. The maximum atomic E-state index is 5.40. The van der Waals surface area contributed by atoms with Crippen molar-refractivity contribution in [3.05, 3.63) is 41.1 Å². The molecule has 3 aromatic rings. The Bertz CT molecular complexity index is 805. The van der Waals surface area contributed by atoms with Crippen LogP contribution in [0.2, 0.25) is 0 Å². The topological polar surface area (TPSA) is 68.8 Å². The number of rotatable bonds is 5. The molecule has 4 rings (SSSR count). The van der Waals surface area contributed by atoms with Crippen molar-refractivity contribution < 1.29 is 4.42 Å². The van der Waals surface area contributed by atoms with Crippen molar-refractivity contribution in [1.82, 2.24) is 25.1 Å². The lowest BCUT2D eigenvalue weighted by Crippen LogP contribution is -2.37. The normalized spacial score (nSPS) is 17.4. The van der Waals surface area contributed by atoms with Crippen LogP contribution in [0.25, 0.3) is 10.8 Å². The number of nitrogens with one attached hydrogen (secondary N) is 1. The third kappa shape index (κ3) is 3.01. The van der Waals surface area contributed by atoms with Crippen LogP contribution in [-0.2, 0) is 19.5 Å². The fourth-order valence-corrected chi connectivity index (χ4v) is 3.88. The number of thiazole rings is 1. The fraction of sp³-hybridized carbons (Fsp3) is 0.471. The van der Waals surface area contributed by atoms with E-state index in [1.165, 1.54) is 0 Å². The molecule has 1 aliphatic heterocycles. The van der Waals surface area contributed by atoms with E-state index in [4.69, 9.17) is 4.42 Å². The van der Waals surface area contributed by atoms with Gasteiger partial charge in [0.15, 0.2) is 10.8 Å². The Morgan fingerprint density at radius 2 is 2.33 bits per heavy atom. The van der Waals surface area contributed by atoms with Crippen molar-refractivity contribution in [3.8, 4) is 10.8 Å². The SMILES string of the molecule is CC(C)c1nnc2n1CC(NCc1csc(-c3ccco3)n1)CC2. The lowest BCUT2D eigenvalue weighted by Gasteiger charge is -2.25. The van der Waals surface area contributed by atoms with E-state index in [1.54, 1.807) is 17.6 Å². The molecule has 0 saturated carbocycles. The molecule has 0 aromatic carbocycles. The van der Waals surface area contributed by atoms with Gasteiger partial charge < -0.3 is 14.3 Å². The molecule has 4 heterocycles. The molecule has 7 heteroatoms. The zero-order valence-corrected chi connectivity index (χ0v) is 14.7. The first-order valence-electron chi connectivity index (χ1n) is 8.34. The number of nitrogens with zero attached hydrogens (tertiary/aromatic N) is 4. The fourth-order valence-electron chi connectivity index (χ4n) is 3.09. The molecule has 126 valence electrons. The zero-order valence-electron chi connectivity index (χ0n) is 13.9. The van der Waals surface area contributed by atoms with E-state index in [-0.39, 0.29) is 0 Å². The molecule has 0 fully saturated rings. The van der Waals surface area contributed by atoms with E-state index in [0.717, 1.165) is 54.0 Å². The van der Waals surface area contributed by atoms with Gasteiger partial charge in [0.05, 0.1) is 12.0 Å². The third-order valence-electron chi connectivity index (χ3n) is 4.35. The van der Waals surface area contributed by atoms with Crippen LogP contribution >= 0.6 is 11.3 Å². The maximum Gasteiger partial charge on any atom is 0.162 e. The molecule has 0 saturated heterocycles. The van der Waals surface area contributed by atoms with Crippen LogP contribution in [0.4, 0.5) is 0 Å². The van der Waals surface area contributed by atoms with Gasteiger partial charge >= 0.3 is 0 Å². The highest BCUT2D eigenvalue weighted by atomic mass is 32.1. The molecular formula is C17H21N5OS. The van der Waals surface area contributed by atoms with Crippen LogP contribution in [0.15, 0.2) is 28.2 Å². The predicted octanol–water partition coefficient (Wildman–Crippen LogP) is 3.22. The van der Waals surface area contributed by atoms with Crippen molar-refractivity contribution in [2.45, 2.75) is 51.7 Å². The second kappa shape index (κ2) is 6.49. The Balaban J connectivity index is 1.39. The summed E-state index contributed by atoms with van der Waals surface area (Å²) in [6, 6.07) is 4.26. The highest BCUT2D eigenvalue weighted by molar-refractivity contribution is 7.13. The molecule has 1 aliphatic rings. The minimum Gasteiger partial charge on any atom is -0.462 e. The van der Waals surface area contributed by atoms with Gasteiger partial charge in [-0.25, -0.2) is 4.98 Å². The average molecular weight is 343 g/mol. The summed E-state index contributed by atoms with van der Waals surface area (Å²) >= 11 is 1.62. The van der Waals surface area contributed by atoms with Crippen molar-refractivity contribution in [3.63, 3.8) is 0 Å². The molecule has 3 aromatic heterocycles. The van der Waals surface area contributed by atoms with Gasteiger partial charge in [0.25, 0.3) is 0 Å². The van der Waals surface area contributed by atoms with Crippen molar-refractivity contribution >= 4 is 11.3 Å². The molecule has 0 aliphatic carbocycles. The van der Waals surface area contributed by atoms with Gasteiger partial charge in [-0.2, -0.15) is 0 Å². The monoisotopic (exact) mass is 343 g/mol. The lowest BCUT2D eigenvalue weighted by molar-refractivity contribution is 0.369. The molecule has 24 heavy (non-hydrogen) atoms. The first-order valence-corrected chi connectivity index (χ1v) is 9.22. The summed E-state index contributed by atoms with van der Waals surface area (Å²) in [4.78, 5) is 4.65. The molecule has 1 atom stereocenters. The Morgan fingerprint density at radius 1 is 1.42 bits per heavy atom. The summed E-state index contributed by atoms with van der Waals surface area (Å²) in [5.74, 6) is 3.44. The molecule has 0 radical (unpaired) electrons. The van der Waals surface area contributed by atoms with Gasteiger partial charge in [0, 0.05) is 36.9 Å². The summed E-state index contributed by atoms with van der Waals surface area (Å²) < 4.78 is 7.68. The number of aromatic nitrogens is 4. The standard InChI is InChI=1S/C17H21N5OS/c1-11(2)16-21-20-15-6-5-12(9-22(15)16)18-8-13-10-24-17(19-13)14-4-3-7-23-14/h3-4,7,10-12,18H,5-6,8-9H2,1-2H3. The van der Waals surface area contributed by atoms with Crippen molar-refractivity contribution in [1.29, 1.82) is 0 Å².